The van der Waals surface area contributed by atoms with Gasteiger partial charge in [-0.05, 0) is 34.4 Å². The van der Waals surface area contributed by atoms with Crippen LogP contribution in [0.1, 0.15) is 22.3 Å². The summed E-state index contributed by atoms with van der Waals surface area (Å²) < 4.78 is 32.6. The first-order chi connectivity index (χ1) is 21.3. The maximum absolute atomic E-state index is 11.4. The molecule has 5 rings (SSSR count). The van der Waals surface area contributed by atoms with Crippen molar-refractivity contribution in [1.29, 1.82) is 0 Å². The van der Waals surface area contributed by atoms with Crippen LogP contribution < -0.4 is 0 Å². The van der Waals surface area contributed by atoms with Crippen LogP contribution in [0.15, 0.2) is 133 Å². The minimum atomic E-state index is -0.559. The quantitative estimate of drug-likeness (QED) is 0.119. The highest BCUT2D eigenvalue weighted by atomic mass is 16.6. The maximum atomic E-state index is 11.4. The number of benzene rings is 4. The van der Waals surface area contributed by atoms with Gasteiger partial charge in [0, 0.05) is 0 Å². The van der Waals surface area contributed by atoms with Crippen molar-refractivity contribution in [2.24, 2.45) is 0 Å². The summed E-state index contributed by atoms with van der Waals surface area (Å²) in [5, 5.41) is 0. The van der Waals surface area contributed by atoms with E-state index in [1.165, 1.54) is 6.08 Å². The average molecular weight is 579 g/mol. The van der Waals surface area contributed by atoms with Gasteiger partial charge in [0.2, 0.25) is 0 Å². The lowest BCUT2D eigenvalue weighted by Crippen LogP contribution is -2.60. The monoisotopic (exact) mass is 578 g/mol. The summed E-state index contributed by atoms with van der Waals surface area (Å²) in [7, 11) is 0. The van der Waals surface area contributed by atoms with Crippen LogP contribution in [0.25, 0.3) is 0 Å². The van der Waals surface area contributed by atoms with Crippen LogP contribution >= 0.6 is 0 Å². The van der Waals surface area contributed by atoms with Crippen molar-refractivity contribution in [1.82, 2.24) is 0 Å². The second kappa shape index (κ2) is 16.7. The zero-order valence-corrected chi connectivity index (χ0v) is 24.2. The Morgan fingerprint density at radius 3 is 1.42 bits per heavy atom. The predicted octanol–water partition coefficient (Wildman–Crippen LogP) is 6.48. The van der Waals surface area contributed by atoms with E-state index in [2.05, 4.69) is 0 Å². The highest BCUT2D eigenvalue weighted by Gasteiger charge is 2.47. The molecule has 1 aliphatic rings. The molecule has 4 aromatic carbocycles. The Morgan fingerprint density at radius 1 is 0.535 bits per heavy atom. The fraction of sp³-hybridized carbons (Fsp3) is 0.270. The van der Waals surface area contributed by atoms with Crippen molar-refractivity contribution < 1.29 is 28.5 Å². The van der Waals surface area contributed by atoms with Gasteiger partial charge < -0.3 is 23.7 Å². The molecule has 0 saturated carbocycles. The van der Waals surface area contributed by atoms with Crippen LogP contribution in [-0.4, -0.2) is 43.4 Å². The minimum Gasteiger partial charge on any atom is -0.374 e. The van der Waals surface area contributed by atoms with Gasteiger partial charge in [-0.1, -0.05) is 121 Å². The molecule has 0 aliphatic carbocycles. The van der Waals surface area contributed by atoms with Crippen LogP contribution in [0.3, 0.4) is 0 Å². The van der Waals surface area contributed by atoms with Gasteiger partial charge in [0.1, 0.15) is 36.8 Å². The molecule has 1 heterocycles. The molecule has 1 aliphatic heterocycles. The molecule has 0 spiro atoms. The minimum absolute atomic E-state index is 0.274. The van der Waals surface area contributed by atoms with E-state index in [1.807, 2.05) is 121 Å². The van der Waals surface area contributed by atoms with Crippen molar-refractivity contribution in [3.05, 3.63) is 156 Å². The third-order valence-corrected chi connectivity index (χ3v) is 7.30. The van der Waals surface area contributed by atoms with E-state index in [4.69, 9.17) is 23.7 Å². The zero-order chi connectivity index (χ0) is 29.5. The number of ether oxygens (including phenoxy) is 5. The molecule has 4 aromatic rings. The van der Waals surface area contributed by atoms with Crippen LogP contribution in [0, 0.1) is 0 Å². The van der Waals surface area contributed by atoms with Crippen molar-refractivity contribution in [2.45, 2.75) is 56.9 Å². The lowest BCUT2D eigenvalue weighted by Gasteiger charge is -2.45. The summed E-state index contributed by atoms with van der Waals surface area (Å²) in [6, 6.07) is 40.0. The Hall–Kier alpha value is -3.91. The molecule has 0 aromatic heterocycles. The van der Waals surface area contributed by atoms with Gasteiger partial charge in [-0.2, -0.15) is 0 Å². The lowest BCUT2D eigenvalue weighted by molar-refractivity contribution is -0.263. The summed E-state index contributed by atoms with van der Waals surface area (Å²) in [6.45, 7) is 1.80. The summed E-state index contributed by atoms with van der Waals surface area (Å²) in [5.74, 6) is 0. The number of hydrogen-bond donors (Lipinski definition) is 0. The highest BCUT2D eigenvalue weighted by molar-refractivity contribution is 5.64. The van der Waals surface area contributed by atoms with E-state index in [0.29, 0.717) is 26.4 Å². The van der Waals surface area contributed by atoms with Gasteiger partial charge in [0.25, 0.3) is 0 Å². The third-order valence-electron chi connectivity index (χ3n) is 7.30. The standard InChI is InChI=1S/C37H38O6/c38-23-13-22-33-35(40-25-30-16-7-2-8-17-30)37(42-27-32-20-11-4-12-21-32)36(41-26-31-18-9-3-10-19-31)34(43-33)28-39-24-29-14-5-1-6-15-29/h1-23,33-37H,24-28H2/b22-13+/t33-,34+,35-,36+,37+/m0/s1. The van der Waals surface area contributed by atoms with Gasteiger partial charge in [-0.15, -0.1) is 0 Å². The number of aldehydes is 1. The van der Waals surface area contributed by atoms with Crippen molar-refractivity contribution in [2.75, 3.05) is 6.61 Å². The van der Waals surface area contributed by atoms with Crippen molar-refractivity contribution >= 4 is 6.29 Å². The van der Waals surface area contributed by atoms with E-state index < -0.39 is 30.5 Å². The van der Waals surface area contributed by atoms with E-state index in [-0.39, 0.29) is 6.61 Å². The van der Waals surface area contributed by atoms with Crippen LogP contribution in [-0.2, 0) is 54.9 Å². The van der Waals surface area contributed by atoms with E-state index in [9.17, 15) is 4.79 Å². The molecule has 6 nitrogen and oxygen atoms in total. The van der Waals surface area contributed by atoms with E-state index in [0.717, 1.165) is 28.5 Å². The molecule has 0 radical (unpaired) electrons. The van der Waals surface area contributed by atoms with Gasteiger partial charge in [-0.25, -0.2) is 0 Å². The second-order valence-corrected chi connectivity index (χ2v) is 10.4. The van der Waals surface area contributed by atoms with Crippen molar-refractivity contribution in [3.8, 4) is 0 Å². The molecule has 0 bridgehead atoms. The van der Waals surface area contributed by atoms with Gasteiger partial charge >= 0.3 is 0 Å². The molecule has 43 heavy (non-hydrogen) atoms. The number of carbonyl (C=O) groups is 1. The molecule has 1 saturated heterocycles. The lowest BCUT2D eigenvalue weighted by atomic mass is 9.93. The van der Waals surface area contributed by atoms with Crippen LogP contribution in [0.4, 0.5) is 0 Å². The summed E-state index contributed by atoms with van der Waals surface area (Å²) >= 11 is 0. The molecule has 222 valence electrons. The molecule has 0 amide bonds. The first kappa shape index (κ1) is 30.5. The van der Waals surface area contributed by atoms with Gasteiger partial charge in [-0.3, -0.25) is 4.79 Å². The topological polar surface area (TPSA) is 63.2 Å². The Kier molecular flexibility index (Phi) is 11.8. The summed E-state index contributed by atoms with van der Waals surface area (Å²) in [4.78, 5) is 11.4. The summed E-state index contributed by atoms with van der Waals surface area (Å²) in [5.41, 5.74) is 4.17. The molecule has 0 N–H and O–H groups in total. The smallest absolute Gasteiger partial charge is 0.142 e. The fourth-order valence-corrected chi connectivity index (χ4v) is 5.13. The Morgan fingerprint density at radius 2 is 0.953 bits per heavy atom. The average Bonchev–Trinajstić information content (AvgIpc) is 3.07. The first-order valence-corrected chi connectivity index (χ1v) is 14.7. The van der Waals surface area contributed by atoms with Crippen LogP contribution in [0.2, 0.25) is 0 Å². The van der Waals surface area contributed by atoms with E-state index in [1.54, 1.807) is 6.08 Å². The highest BCUT2D eigenvalue weighted by Crippen LogP contribution is 2.31. The molecular weight excluding hydrogens is 540 g/mol. The van der Waals surface area contributed by atoms with Crippen molar-refractivity contribution in [3.63, 3.8) is 0 Å². The number of hydrogen-bond acceptors (Lipinski definition) is 6. The maximum Gasteiger partial charge on any atom is 0.142 e. The molecular formula is C37H38O6. The third kappa shape index (κ3) is 9.29. The van der Waals surface area contributed by atoms with Gasteiger partial charge in [0.05, 0.1) is 33.0 Å². The number of carbonyl (C=O) groups excluding carboxylic acids is 1. The second-order valence-electron chi connectivity index (χ2n) is 10.4. The molecule has 0 unspecified atom stereocenters. The molecule has 6 heteroatoms. The SMILES string of the molecule is O=C/C=C/[C@@H]1O[C@H](COCc2ccccc2)[C@@H](OCc2ccccc2)[C@H](OCc2ccccc2)[C@H]1OCc1ccccc1. The Balaban J connectivity index is 1.43. The number of rotatable bonds is 15. The zero-order valence-electron chi connectivity index (χ0n) is 24.2. The summed E-state index contributed by atoms with van der Waals surface area (Å²) in [6.07, 6.45) is 1.31. The largest absolute Gasteiger partial charge is 0.374 e. The Labute approximate surface area is 253 Å². The molecule has 1 fully saturated rings. The number of allylic oxidation sites excluding steroid dienone is 1. The molecule has 5 atom stereocenters. The predicted molar refractivity (Wildman–Crippen MR) is 165 cm³/mol. The Bertz CT molecular complexity index is 1360. The fourth-order valence-electron chi connectivity index (χ4n) is 5.13. The first-order valence-electron chi connectivity index (χ1n) is 14.7. The van der Waals surface area contributed by atoms with E-state index >= 15 is 0 Å². The normalized spacial score (nSPS) is 22.0. The van der Waals surface area contributed by atoms with Gasteiger partial charge in [0.15, 0.2) is 0 Å². The van der Waals surface area contributed by atoms with Crippen LogP contribution in [0.5, 0.6) is 0 Å².